The fraction of sp³-hybridized carbons (Fsp3) is 0.367. The average Bonchev–Trinajstić information content (AvgIpc) is 2.92. The van der Waals surface area contributed by atoms with Crippen molar-refractivity contribution in [3.63, 3.8) is 0 Å². The van der Waals surface area contributed by atoms with Gasteiger partial charge in [0, 0.05) is 30.5 Å². The number of hydrogen-bond acceptors (Lipinski definition) is 5. The van der Waals surface area contributed by atoms with Crippen LogP contribution >= 0.6 is 0 Å². The van der Waals surface area contributed by atoms with E-state index in [9.17, 15) is 9.18 Å². The molecule has 1 saturated heterocycles. The predicted octanol–water partition coefficient (Wildman–Crippen LogP) is 5.51. The van der Waals surface area contributed by atoms with Gasteiger partial charge in [0.2, 0.25) is 0 Å². The molecule has 3 aromatic carbocycles. The molecule has 0 saturated carbocycles. The Kier molecular flexibility index (Phi) is 9.09. The van der Waals surface area contributed by atoms with Crippen LogP contribution in [-0.4, -0.2) is 44.5 Å². The summed E-state index contributed by atoms with van der Waals surface area (Å²) >= 11 is 0. The molecule has 1 heterocycles. The van der Waals surface area contributed by atoms with Crippen LogP contribution in [0.25, 0.3) is 0 Å². The molecule has 190 valence electrons. The number of unbranched alkanes of at least 4 members (excludes halogenated alkanes) is 1. The molecule has 0 aromatic heterocycles. The standard InChI is InChI=1S/C30H35FN2O3/c1-35-26-14-15-28(36-2)24(20-26)21-32-29-27(22-10-12-25(31)13-11-22)16-18-33(17-6-7-19-34)30(29)23-8-4-3-5-9-23/h3-5,8-15,19-20,27,29-30,32H,6-7,16-18,21H2,1-2H3. The number of hydrogen-bond donors (Lipinski definition) is 1. The minimum atomic E-state index is -0.227. The third-order valence-electron chi connectivity index (χ3n) is 7.12. The number of carbonyl (C=O) groups excluding carboxylic acids is 1. The van der Waals surface area contributed by atoms with Crippen molar-refractivity contribution >= 4 is 6.29 Å². The molecule has 0 radical (unpaired) electrons. The van der Waals surface area contributed by atoms with Crippen LogP contribution in [0.15, 0.2) is 72.8 Å². The zero-order chi connectivity index (χ0) is 25.3. The van der Waals surface area contributed by atoms with E-state index < -0.39 is 0 Å². The molecular formula is C30H35FN2O3. The Balaban J connectivity index is 1.70. The van der Waals surface area contributed by atoms with Gasteiger partial charge in [0.05, 0.1) is 20.3 Å². The van der Waals surface area contributed by atoms with Crippen molar-refractivity contribution in [2.45, 2.75) is 43.8 Å². The number of halogens is 1. The van der Waals surface area contributed by atoms with Gasteiger partial charge in [-0.2, -0.15) is 0 Å². The van der Waals surface area contributed by atoms with Crippen molar-refractivity contribution in [3.05, 3.63) is 95.3 Å². The summed E-state index contributed by atoms with van der Waals surface area (Å²) in [5, 5.41) is 3.86. The lowest BCUT2D eigenvalue weighted by Crippen LogP contribution is -2.52. The van der Waals surface area contributed by atoms with Crippen molar-refractivity contribution in [1.29, 1.82) is 0 Å². The monoisotopic (exact) mass is 490 g/mol. The second-order valence-corrected chi connectivity index (χ2v) is 9.23. The number of likely N-dealkylation sites (tertiary alicyclic amines) is 1. The Morgan fingerprint density at radius 2 is 1.78 bits per heavy atom. The molecule has 3 aromatic rings. The maximum absolute atomic E-state index is 13.8. The Morgan fingerprint density at radius 3 is 2.47 bits per heavy atom. The fourth-order valence-electron chi connectivity index (χ4n) is 5.35. The van der Waals surface area contributed by atoms with Gasteiger partial charge in [0.15, 0.2) is 0 Å². The van der Waals surface area contributed by atoms with Gasteiger partial charge in [0.25, 0.3) is 0 Å². The number of methoxy groups -OCH3 is 2. The van der Waals surface area contributed by atoms with Gasteiger partial charge in [0.1, 0.15) is 23.6 Å². The molecule has 0 spiro atoms. The zero-order valence-electron chi connectivity index (χ0n) is 21.0. The maximum atomic E-state index is 13.8. The normalized spacial score (nSPS) is 20.1. The quantitative estimate of drug-likeness (QED) is 0.284. The van der Waals surface area contributed by atoms with E-state index in [1.165, 1.54) is 5.56 Å². The summed E-state index contributed by atoms with van der Waals surface area (Å²) in [6.07, 6.45) is 3.31. The van der Waals surface area contributed by atoms with Crippen molar-refractivity contribution in [1.82, 2.24) is 10.2 Å². The van der Waals surface area contributed by atoms with E-state index in [-0.39, 0.29) is 23.8 Å². The lowest BCUT2D eigenvalue weighted by atomic mass is 9.78. The third-order valence-corrected chi connectivity index (χ3v) is 7.12. The lowest BCUT2D eigenvalue weighted by Gasteiger charge is -2.47. The van der Waals surface area contributed by atoms with E-state index in [2.05, 4.69) is 34.5 Å². The Morgan fingerprint density at radius 1 is 1.00 bits per heavy atom. The molecular weight excluding hydrogens is 455 g/mol. The van der Waals surface area contributed by atoms with E-state index in [0.29, 0.717) is 13.0 Å². The summed E-state index contributed by atoms with van der Waals surface area (Å²) < 4.78 is 24.9. The topological polar surface area (TPSA) is 50.8 Å². The molecule has 4 rings (SSSR count). The van der Waals surface area contributed by atoms with Crippen molar-refractivity contribution in [2.24, 2.45) is 0 Å². The molecule has 1 N–H and O–H groups in total. The molecule has 0 aliphatic carbocycles. The number of carbonyl (C=O) groups is 1. The molecule has 0 amide bonds. The Bertz CT molecular complexity index is 1110. The van der Waals surface area contributed by atoms with Crippen molar-refractivity contribution in [3.8, 4) is 11.5 Å². The van der Waals surface area contributed by atoms with Gasteiger partial charge in [-0.1, -0.05) is 42.5 Å². The SMILES string of the molecule is COc1ccc(OC)c(CNC2C(c3ccc(F)cc3)CCN(CCCC=O)C2c2ccccc2)c1. The molecule has 1 aliphatic heterocycles. The van der Waals surface area contributed by atoms with Gasteiger partial charge in [-0.15, -0.1) is 0 Å². The summed E-state index contributed by atoms with van der Waals surface area (Å²) in [5.74, 6) is 1.54. The number of nitrogens with one attached hydrogen (secondary N) is 1. The largest absolute Gasteiger partial charge is 0.497 e. The number of ether oxygens (including phenoxy) is 2. The minimum Gasteiger partial charge on any atom is -0.497 e. The minimum absolute atomic E-state index is 0.0544. The lowest BCUT2D eigenvalue weighted by molar-refractivity contribution is -0.108. The zero-order valence-corrected chi connectivity index (χ0v) is 21.0. The number of aldehydes is 1. The van der Waals surface area contributed by atoms with Crippen LogP contribution in [0.3, 0.4) is 0 Å². The van der Waals surface area contributed by atoms with E-state index in [4.69, 9.17) is 9.47 Å². The van der Waals surface area contributed by atoms with E-state index in [0.717, 1.165) is 54.8 Å². The first-order valence-electron chi connectivity index (χ1n) is 12.6. The average molecular weight is 491 g/mol. The van der Waals surface area contributed by atoms with Gasteiger partial charge >= 0.3 is 0 Å². The second kappa shape index (κ2) is 12.7. The van der Waals surface area contributed by atoms with Gasteiger partial charge < -0.3 is 19.6 Å². The van der Waals surface area contributed by atoms with Crippen LogP contribution in [0.5, 0.6) is 11.5 Å². The molecule has 3 unspecified atom stereocenters. The van der Waals surface area contributed by atoms with Gasteiger partial charge in [-0.25, -0.2) is 4.39 Å². The van der Waals surface area contributed by atoms with E-state index in [1.54, 1.807) is 26.4 Å². The first kappa shape index (κ1) is 25.9. The van der Waals surface area contributed by atoms with Crippen LogP contribution in [-0.2, 0) is 11.3 Å². The highest BCUT2D eigenvalue weighted by atomic mass is 19.1. The highest BCUT2D eigenvalue weighted by Crippen LogP contribution is 2.40. The molecule has 1 aliphatic rings. The third kappa shape index (κ3) is 6.12. The molecule has 0 bridgehead atoms. The number of piperidine rings is 1. The molecule has 3 atom stereocenters. The van der Waals surface area contributed by atoms with Gasteiger partial charge in [-0.05, 0) is 67.4 Å². The van der Waals surface area contributed by atoms with Crippen molar-refractivity contribution < 1.29 is 18.7 Å². The van der Waals surface area contributed by atoms with E-state index in [1.807, 2.05) is 36.4 Å². The molecule has 5 nitrogen and oxygen atoms in total. The van der Waals surface area contributed by atoms with Crippen LogP contribution in [0.4, 0.5) is 4.39 Å². The number of benzene rings is 3. The summed E-state index contributed by atoms with van der Waals surface area (Å²) in [5.41, 5.74) is 3.37. The van der Waals surface area contributed by atoms with Crippen molar-refractivity contribution in [2.75, 3.05) is 27.3 Å². The summed E-state index contributed by atoms with van der Waals surface area (Å²) in [7, 11) is 3.34. The predicted molar refractivity (Wildman–Crippen MR) is 140 cm³/mol. The number of rotatable bonds is 11. The maximum Gasteiger partial charge on any atom is 0.123 e. The fourth-order valence-corrected chi connectivity index (χ4v) is 5.35. The van der Waals surface area contributed by atoms with E-state index >= 15 is 0 Å². The van der Waals surface area contributed by atoms with Crippen LogP contribution < -0.4 is 14.8 Å². The highest BCUT2D eigenvalue weighted by molar-refractivity contribution is 5.49. The molecule has 6 heteroatoms. The second-order valence-electron chi connectivity index (χ2n) is 9.23. The van der Waals surface area contributed by atoms with Crippen LogP contribution in [0.2, 0.25) is 0 Å². The first-order chi connectivity index (χ1) is 17.6. The smallest absolute Gasteiger partial charge is 0.123 e. The highest BCUT2D eigenvalue weighted by Gasteiger charge is 2.39. The van der Waals surface area contributed by atoms with Crippen LogP contribution in [0.1, 0.15) is 47.9 Å². The number of nitrogens with zero attached hydrogens (tertiary/aromatic N) is 1. The summed E-state index contributed by atoms with van der Waals surface area (Å²) in [6, 6.07) is 23.4. The van der Waals surface area contributed by atoms with Gasteiger partial charge in [-0.3, -0.25) is 4.90 Å². The molecule has 36 heavy (non-hydrogen) atoms. The Labute approximate surface area is 213 Å². The summed E-state index contributed by atoms with van der Waals surface area (Å²) in [4.78, 5) is 13.5. The van der Waals surface area contributed by atoms with Crippen LogP contribution in [0, 0.1) is 5.82 Å². The Hall–Kier alpha value is -3.22. The first-order valence-corrected chi connectivity index (χ1v) is 12.6. The summed E-state index contributed by atoms with van der Waals surface area (Å²) in [6.45, 7) is 2.34. The molecule has 1 fully saturated rings.